The molecule has 354 valence electrons. The van der Waals surface area contributed by atoms with Crippen molar-refractivity contribution in [2.45, 2.75) is 30.4 Å². The van der Waals surface area contributed by atoms with Crippen molar-refractivity contribution in [2.75, 3.05) is 4.90 Å². The molecule has 2 spiro atoms. The maximum atomic E-state index is 2.56. The summed E-state index contributed by atoms with van der Waals surface area (Å²) in [5.74, 6) is 0. The highest BCUT2D eigenvalue weighted by Gasteiger charge is 2.52. The van der Waals surface area contributed by atoms with Gasteiger partial charge in [0.15, 0.2) is 0 Å². The van der Waals surface area contributed by atoms with Gasteiger partial charge < -0.3 is 4.90 Å². The third-order valence-corrected chi connectivity index (χ3v) is 20.5. The van der Waals surface area contributed by atoms with Crippen LogP contribution in [0.4, 0.5) is 17.1 Å². The van der Waals surface area contributed by atoms with E-state index in [4.69, 9.17) is 0 Å². The van der Waals surface area contributed by atoms with Crippen LogP contribution in [0.1, 0.15) is 44.5 Å². The zero-order valence-corrected chi connectivity index (χ0v) is 43.4. The highest BCUT2D eigenvalue weighted by Crippen LogP contribution is 2.65. The Morgan fingerprint density at radius 1 is 0.276 bits per heavy atom. The van der Waals surface area contributed by atoms with E-state index in [-0.39, 0.29) is 0 Å². The lowest BCUT2D eigenvalue weighted by atomic mass is 9.67. The van der Waals surface area contributed by atoms with Crippen LogP contribution in [-0.2, 0) is 10.8 Å². The van der Waals surface area contributed by atoms with Crippen LogP contribution in [0, 0.1) is 0 Å². The first-order valence-electron chi connectivity index (χ1n) is 26.1. The van der Waals surface area contributed by atoms with Gasteiger partial charge in [0.1, 0.15) is 0 Å². The van der Waals surface area contributed by atoms with Crippen molar-refractivity contribution in [2.24, 2.45) is 0 Å². The Morgan fingerprint density at radius 3 is 1.34 bits per heavy atom. The summed E-state index contributed by atoms with van der Waals surface area (Å²) >= 11 is 5.72. The fraction of sp³-hybridized carbons (Fsp3) is 0.0278. The number of hydrogen-bond acceptors (Lipinski definition) is 4. The number of rotatable bonds is 4. The number of nitrogens with zero attached hydrogens (tertiary/aromatic N) is 1. The fourth-order valence-electron chi connectivity index (χ4n) is 13.9. The van der Waals surface area contributed by atoms with E-state index in [1.807, 2.05) is 34.9 Å². The van der Waals surface area contributed by atoms with Crippen molar-refractivity contribution >= 4 is 82.9 Å². The van der Waals surface area contributed by atoms with E-state index < -0.39 is 10.8 Å². The van der Waals surface area contributed by atoms with Crippen LogP contribution >= 0.6 is 34.9 Å². The minimum Gasteiger partial charge on any atom is -0.310 e. The molecule has 4 aliphatic rings. The molecule has 0 bridgehead atoms. The van der Waals surface area contributed by atoms with Crippen LogP contribution in [0.2, 0.25) is 0 Å². The Bertz CT molecular complexity index is 4530. The lowest BCUT2D eigenvalue weighted by Crippen LogP contribution is -2.32. The first kappa shape index (κ1) is 42.9. The van der Waals surface area contributed by atoms with Gasteiger partial charge in [-0.05, 0) is 155 Å². The molecule has 76 heavy (non-hydrogen) atoms. The number of fused-ring (bicyclic) bond motifs is 22. The summed E-state index contributed by atoms with van der Waals surface area (Å²) in [5, 5.41) is 5.10. The van der Waals surface area contributed by atoms with Crippen molar-refractivity contribution < 1.29 is 0 Å². The third kappa shape index (κ3) is 5.73. The van der Waals surface area contributed by atoms with Gasteiger partial charge in [-0.3, -0.25) is 0 Å². The van der Waals surface area contributed by atoms with Gasteiger partial charge in [0.2, 0.25) is 0 Å². The van der Waals surface area contributed by atoms with Gasteiger partial charge >= 0.3 is 0 Å². The molecule has 3 heterocycles. The molecule has 2 aliphatic carbocycles. The largest absolute Gasteiger partial charge is 0.310 e. The van der Waals surface area contributed by atoms with Gasteiger partial charge in [0, 0.05) is 56.8 Å². The molecule has 0 atom stereocenters. The molecule has 17 rings (SSSR count). The van der Waals surface area contributed by atoms with E-state index in [0.29, 0.717) is 0 Å². The molecule has 4 heteroatoms. The average Bonchev–Trinajstić information content (AvgIpc) is 4.15. The van der Waals surface area contributed by atoms with Crippen molar-refractivity contribution in [3.63, 3.8) is 0 Å². The third-order valence-electron chi connectivity index (χ3n) is 17.0. The lowest BCUT2D eigenvalue weighted by Gasteiger charge is -2.41. The van der Waals surface area contributed by atoms with E-state index in [1.54, 1.807) is 0 Å². The monoisotopic (exact) mass is 1020 g/mol. The molecule has 0 radical (unpaired) electrons. The van der Waals surface area contributed by atoms with Crippen molar-refractivity contribution in [3.05, 3.63) is 305 Å². The zero-order chi connectivity index (χ0) is 49.7. The summed E-state index contributed by atoms with van der Waals surface area (Å²) in [4.78, 5) is 7.74. The molecule has 0 saturated carbocycles. The summed E-state index contributed by atoms with van der Waals surface area (Å²) in [6.45, 7) is 0. The molecular weight excluding hydrogens is 975 g/mol. The lowest BCUT2D eigenvalue weighted by molar-refractivity contribution is 0.722. The summed E-state index contributed by atoms with van der Waals surface area (Å²) in [6, 6.07) is 99.2. The standard InChI is InChI=1S/C72H43NS3/c1-2-17-44(18-3-1)50-25-16-26-56-55-36-33-49(43-68(55)76-70(50)56)73(47-34-37-66-63(41-47)71(61-31-14-15-32-65(61)74-66)57-27-10-6-21-51(57)52-22-7-11-28-58(52)71)48-35-38-67-64(42-48)72(62-39-45-19-4-5-20-46(45)40-69(62)75-67)59-29-12-8-23-53(59)54-24-9-13-30-60(54)72/h1-43H. The zero-order valence-electron chi connectivity index (χ0n) is 41.0. The first-order valence-corrected chi connectivity index (χ1v) is 28.6. The van der Waals surface area contributed by atoms with E-state index in [9.17, 15) is 0 Å². The predicted octanol–water partition coefficient (Wildman–Crippen LogP) is 20.0. The highest BCUT2D eigenvalue weighted by atomic mass is 32.2. The van der Waals surface area contributed by atoms with Gasteiger partial charge in [-0.2, -0.15) is 0 Å². The minimum absolute atomic E-state index is 0.518. The summed E-state index contributed by atoms with van der Waals surface area (Å²) in [5.41, 5.74) is 20.7. The van der Waals surface area contributed by atoms with Gasteiger partial charge in [-0.15, -0.1) is 11.3 Å². The smallest absolute Gasteiger partial charge is 0.0736 e. The van der Waals surface area contributed by atoms with Gasteiger partial charge in [0.05, 0.1) is 10.8 Å². The predicted molar refractivity (Wildman–Crippen MR) is 320 cm³/mol. The van der Waals surface area contributed by atoms with Gasteiger partial charge in [0.25, 0.3) is 0 Å². The van der Waals surface area contributed by atoms with Crippen LogP contribution < -0.4 is 4.90 Å². The quantitative estimate of drug-likeness (QED) is 0.173. The maximum Gasteiger partial charge on any atom is 0.0736 e. The van der Waals surface area contributed by atoms with E-state index in [0.717, 1.165) is 17.1 Å². The molecule has 0 fully saturated rings. The Labute approximate surface area is 453 Å². The molecule has 0 unspecified atom stereocenters. The van der Waals surface area contributed by atoms with Crippen molar-refractivity contribution in [1.82, 2.24) is 0 Å². The molecule has 1 aromatic heterocycles. The number of benzene rings is 12. The normalized spacial score (nSPS) is 14.4. The van der Waals surface area contributed by atoms with Crippen molar-refractivity contribution in [3.8, 4) is 33.4 Å². The number of thiophene rings is 1. The Morgan fingerprint density at radius 2 is 0.724 bits per heavy atom. The molecule has 0 N–H and O–H groups in total. The van der Waals surface area contributed by atoms with Gasteiger partial charge in [-0.1, -0.05) is 218 Å². The molecule has 0 saturated heterocycles. The molecule has 0 amide bonds. The number of anilines is 3. The van der Waals surface area contributed by atoms with Crippen LogP contribution in [0.5, 0.6) is 0 Å². The maximum absolute atomic E-state index is 2.56. The Hall–Kier alpha value is -8.38. The van der Waals surface area contributed by atoms with Gasteiger partial charge in [-0.25, -0.2) is 0 Å². The molecule has 12 aromatic carbocycles. The summed E-state index contributed by atoms with van der Waals surface area (Å²) in [7, 11) is 0. The topological polar surface area (TPSA) is 3.24 Å². The Kier molecular flexibility index (Phi) is 9.07. The minimum atomic E-state index is -0.560. The van der Waals surface area contributed by atoms with Crippen LogP contribution in [0.25, 0.3) is 64.3 Å². The van der Waals surface area contributed by atoms with Crippen molar-refractivity contribution in [1.29, 1.82) is 0 Å². The average molecular weight is 1020 g/mol. The fourth-order valence-corrected chi connectivity index (χ4v) is 17.6. The second-order valence-corrected chi connectivity index (χ2v) is 23.8. The Balaban J connectivity index is 0.946. The van der Waals surface area contributed by atoms with E-state index in [2.05, 4.69) is 266 Å². The van der Waals surface area contributed by atoms with E-state index in [1.165, 1.54) is 128 Å². The van der Waals surface area contributed by atoms with Crippen LogP contribution in [0.15, 0.2) is 280 Å². The second-order valence-electron chi connectivity index (χ2n) is 20.6. The summed E-state index contributed by atoms with van der Waals surface area (Å²) in [6.07, 6.45) is 0. The first-order chi connectivity index (χ1) is 37.7. The second kappa shape index (κ2) is 16.1. The highest BCUT2D eigenvalue weighted by molar-refractivity contribution is 7.99. The summed E-state index contributed by atoms with van der Waals surface area (Å²) < 4.78 is 2.58. The van der Waals surface area contributed by atoms with Crippen LogP contribution in [0.3, 0.4) is 0 Å². The van der Waals surface area contributed by atoms with E-state index >= 15 is 0 Å². The molecule has 2 aliphatic heterocycles. The van der Waals surface area contributed by atoms with Crippen LogP contribution in [-0.4, -0.2) is 0 Å². The molecular formula is C72H43NS3. The molecule has 1 nitrogen and oxygen atoms in total. The number of hydrogen-bond donors (Lipinski definition) is 0. The SMILES string of the molecule is c1ccc(-c2cccc3c2sc2cc(N(c4ccc5c(c4)C4(c6ccccc6S5)c5ccccc5-c5ccccc54)c4ccc5c(c4)C4(c6cc7ccccc7cc6S5)c5ccccc5-c5ccccc54)ccc23)cc1. The molecule has 13 aromatic rings.